The van der Waals surface area contributed by atoms with E-state index in [0.717, 1.165) is 18.0 Å². The number of ketones is 1. The number of benzene rings is 1. The number of hydrogen-bond donors (Lipinski definition) is 0. The lowest BCUT2D eigenvalue weighted by atomic mass is 9.98. The minimum absolute atomic E-state index is 0.563. The van der Waals surface area contributed by atoms with Gasteiger partial charge in [-0.05, 0) is 58.9 Å². The van der Waals surface area contributed by atoms with Crippen LogP contribution in [0.1, 0.15) is 30.4 Å². The Morgan fingerprint density at radius 1 is 1.15 bits per heavy atom. The fourth-order valence-corrected chi connectivity index (χ4v) is 2.95. The standard InChI is InChI=1S/C18H19O2/c1-12-10-17(13-4-6-14(19-2)7-5-13)18-11-15(20-3)8-9-16(12)18/h4-9,11-12H,10H2,1-3H3/q+1. The van der Waals surface area contributed by atoms with Crippen LogP contribution in [0.5, 0.6) is 5.75 Å². The highest BCUT2D eigenvalue weighted by molar-refractivity contribution is 6.02. The molecule has 0 N–H and O–H groups in total. The Balaban J connectivity index is 2.09. The number of rotatable bonds is 1. The van der Waals surface area contributed by atoms with E-state index in [1.54, 1.807) is 14.2 Å². The molecule has 1 unspecified atom stereocenters. The predicted octanol–water partition coefficient (Wildman–Crippen LogP) is 3.82. The van der Waals surface area contributed by atoms with Gasteiger partial charge in [0.2, 0.25) is 0 Å². The molecule has 2 aliphatic rings. The Kier molecular flexibility index (Phi) is 3.31. The number of ether oxygens (including phenoxy) is 1. The molecule has 0 aliphatic heterocycles. The molecule has 102 valence electrons. The maximum absolute atomic E-state index is 5.36. The molecule has 2 nitrogen and oxygen atoms in total. The van der Waals surface area contributed by atoms with Gasteiger partial charge in [-0.25, -0.2) is 0 Å². The van der Waals surface area contributed by atoms with Crippen molar-refractivity contribution in [2.75, 3.05) is 14.2 Å². The van der Waals surface area contributed by atoms with Gasteiger partial charge in [0, 0.05) is 12.2 Å². The fourth-order valence-electron chi connectivity index (χ4n) is 2.95. The summed E-state index contributed by atoms with van der Waals surface area (Å²) in [6.07, 6.45) is 9.39. The summed E-state index contributed by atoms with van der Waals surface area (Å²) < 4.78 is 10.6. The van der Waals surface area contributed by atoms with E-state index in [-0.39, 0.29) is 0 Å². The van der Waals surface area contributed by atoms with Crippen LogP contribution in [-0.2, 0) is 4.42 Å². The number of hydrogen-bond acceptors (Lipinski definition) is 1. The van der Waals surface area contributed by atoms with E-state index in [1.165, 1.54) is 22.3 Å². The molecule has 1 aromatic carbocycles. The van der Waals surface area contributed by atoms with Gasteiger partial charge in [0.25, 0.3) is 7.11 Å². The number of fused-ring (bicyclic) bond motifs is 1. The van der Waals surface area contributed by atoms with Crippen LogP contribution in [0.3, 0.4) is 0 Å². The van der Waals surface area contributed by atoms with Crippen molar-refractivity contribution in [1.82, 2.24) is 0 Å². The molecule has 0 bridgehead atoms. The van der Waals surface area contributed by atoms with Crippen LogP contribution in [0.4, 0.5) is 0 Å². The normalized spacial score (nSPS) is 20.4. The minimum Gasteiger partial charge on any atom is -0.497 e. The smallest absolute Gasteiger partial charge is 0.343 e. The Bertz CT molecular complexity index is 642. The monoisotopic (exact) mass is 267 g/mol. The van der Waals surface area contributed by atoms with Crippen LogP contribution < -0.4 is 4.74 Å². The maximum Gasteiger partial charge on any atom is 0.343 e. The summed E-state index contributed by atoms with van der Waals surface area (Å²) in [5.74, 6) is 2.38. The third-order valence-corrected chi connectivity index (χ3v) is 4.07. The van der Waals surface area contributed by atoms with Crippen LogP contribution in [0, 0.1) is 0 Å². The number of carbonyl (C=O) groups excluding carboxylic acids is 1. The van der Waals surface area contributed by atoms with Crippen molar-refractivity contribution in [3.63, 3.8) is 0 Å². The third kappa shape index (κ3) is 2.11. The second-order valence-electron chi connectivity index (χ2n) is 5.27. The Labute approximate surface area is 119 Å². The largest absolute Gasteiger partial charge is 0.497 e. The van der Waals surface area contributed by atoms with Crippen molar-refractivity contribution in [2.45, 2.75) is 19.3 Å². The summed E-state index contributed by atoms with van der Waals surface area (Å²) in [6, 6.07) is 6.39. The van der Waals surface area contributed by atoms with Crippen LogP contribution in [0.2, 0.25) is 0 Å². The minimum atomic E-state index is 0.563. The van der Waals surface area contributed by atoms with Gasteiger partial charge in [0.15, 0.2) is 0 Å². The van der Waals surface area contributed by atoms with E-state index in [4.69, 9.17) is 9.16 Å². The Morgan fingerprint density at radius 2 is 1.90 bits per heavy atom. The third-order valence-electron chi connectivity index (χ3n) is 4.07. The van der Waals surface area contributed by atoms with Gasteiger partial charge in [-0.15, -0.1) is 0 Å². The SMILES string of the molecule is COc1ccc2c(c1)C(=C1C=CC(=[O+]C)C=C1)CC2C. The molecule has 0 saturated carbocycles. The van der Waals surface area contributed by atoms with E-state index in [0.29, 0.717) is 5.92 Å². The van der Waals surface area contributed by atoms with Crippen molar-refractivity contribution >= 4 is 11.4 Å². The fraction of sp³-hybridized carbons (Fsp3) is 0.278. The Hall–Kier alpha value is -2.09. The van der Waals surface area contributed by atoms with E-state index in [9.17, 15) is 0 Å². The summed E-state index contributed by atoms with van der Waals surface area (Å²) in [5, 5.41) is 0. The summed E-state index contributed by atoms with van der Waals surface area (Å²) in [7, 11) is 3.41. The van der Waals surface area contributed by atoms with Gasteiger partial charge in [-0.2, -0.15) is 0 Å². The molecule has 0 spiro atoms. The van der Waals surface area contributed by atoms with E-state index >= 15 is 0 Å². The molecule has 0 saturated heterocycles. The summed E-state index contributed by atoms with van der Waals surface area (Å²) in [6.45, 7) is 2.28. The van der Waals surface area contributed by atoms with Gasteiger partial charge < -0.3 is 4.74 Å². The molecule has 0 radical (unpaired) electrons. The summed E-state index contributed by atoms with van der Waals surface area (Å²) in [4.78, 5) is 0. The van der Waals surface area contributed by atoms with E-state index < -0.39 is 0 Å². The first-order chi connectivity index (χ1) is 9.72. The molecule has 3 rings (SSSR count). The zero-order valence-electron chi connectivity index (χ0n) is 12.1. The van der Waals surface area contributed by atoms with E-state index in [2.05, 4.69) is 31.2 Å². The van der Waals surface area contributed by atoms with Crippen LogP contribution in [0.15, 0.2) is 48.1 Å². The molecule has 2 heteroatoms. The molecule has 0 heterocycles. The van der Waals surface area contributed by atoms with Gasteiger partial charge in [0.05, 0.1) is 7.11 Å². The maximum atomic E-state index is 5.36. The first-order valence-electron chi connectivity index (χ1n) is 6.91. The lowest BCUT2D eigenvalue weighted by molar-refractivity contribution is -0.417. The first kappa shape index (κ1) is 12.9. The molecule has 1 atom stereocenters. The number of methoxy groups -OCH3 is 1. The van der Waals surface area contributed by atoms with Crippen molar-refractivity contribution in [3.05, 3.63) is 59.2 Å². The highest BCUT2D eigenvalue weighted by Gasteiger charge is 2.25. The first-order valence-corrected chi connectivity index (χ1v) is 6.91. The highest BCUT2D eigenvalue weighted by Crippen LogP contribution is 2.44. The molecular weight excluding hydrogens is 248 g/mol. The van der Waals surface area contributed by atoms with Crippen molar-refractivity contribution in [3.8, 4) is 5.75 Å². The van der Waals surface area contributed by atoms with E-state index in [1.807, 2.05) is 18.2 Å². The second-order valence-corrected chi connectivity index (χ2v) is 5.27. The van der Waals surface area contributed by atoms with Crippen LogP contribution in [-0.4, -0.2) is 20.0 Å². The molecule has 1 aromatic rings. The molecular formula is C18H19O2+. The second kappa shape index (κ2) is 5.12. The number of allylic oxidation sites excluding steroid dienone is 6. The summed E-state index contributed by atoms with van der Waals surface area (Å²) >= 11 is 0. The van der Waals surface area contributed by atoms with Gasteiger partial charge >= 0.3 is 5.78 Å². The zero-order valence-corrected chi connectivity index (χ0v) is 12.1. The van der Waals surface area contributed by atoms with Crippen molar-refractivity contribution in [2.24, 2.45) is 0 Å². The molecule has 0 fully saturated rings. The van der Waals surface area contributed by atoms with Crippen molar-refractivity contribution < 1.29 is 9.16 Å². The van der Waals surface area contributed by atoms with Crippen molar-refractivity contribution in [1.29, 1.82) is 0 Å². The molecule has 2 aliphatic carbocycles. The molecule has 0 aromatic heterocycles. The highest BCUT2D eigenvalue weighted by atomic mass is 16.5. The van der Waals surface area contributed by atoms with Gasteiger partial charge in [-0.1, -0.05) is 13.0 Å². The summed E-state index contributed by atoms with van der Waals surface area (Å²) in [5.41, 5.74) is 5.40. The average molecular weight is 267 g/mol. The predicted molar refractivity (Wildman–Crippen MR) is 82.2 cm³/mol. The topological polar surface area (TPSA) is 20.5 Å². The lowest BCUT2D eigenvalue weighted by Crippen LogP contribution is -1.97. The molecule has 20 heavy (non-hydrogen) atoms. The van der Waals surface area contributed by atoms with Gasteiger partial charge in [0.1, 0.15) is 5.75 Å². The quantitative estimate of drug-likeness (QED) is 0.708. The lowest BCUT2D eigenvalue weighted by Gasteiger charge is -2.08. The zero-order chi connectivity index (χ0) is 14.1. The molecule has 0 amide bonds. The van der Waals surface area contributed by atoms with Crippen LogP contribution in [0.25, 0.3) is 5.57 Å². The average Bonchev–Trinajstić information content (AvgIpc) is 2.84. The Morgan fingerprint density at radius 3 is 2.55 bits per heavy atom. The van der Waals surface area contributed by atoms with Gasteiger partial charge in [-0.3, -0.25) is 4.42 Å². The van der Waals surface area contributed by atoms with Crippen LogP contribution >= 0.6 is 0 Å².